The predicted molar refractivity (Wildman–Crippen MR) is 75.8 cm³/mol. The molecule has 1 atom stereocenters. The third-order valence-electron chi connectivity index (χ3n) is 4.01. The van der Waals surface area contributed by atoms with E-state index in [-0.39, 0.29) is 5.91 Å². The first kappa shape index (κ1) is 15.0. The number of rotatable bonds is 6. The molecule has 0 saturated carbocycles. The maximum absolute atomic E-state index is 12.1. The monoisotopic (exact) mass is 278 g/mol. The average Bonchev–Trinajstić information content (AvgIpc) is 2.86. The number of nitrogens with two attached hydrogens (primary N) is 1. The molecule has 1 unspecified atom stereocenters. The summed E-state index contributed by atoms with van der Waals surface area (Å²) in [6, 6.07) is 10.0. The standard InChI is InChI=1S/C15H22N2O3/c1-19-14(20-2)15(13(16)18)9-6-10-17(15)11-12-7-4-3-5-8-12/h3-5,7-8,14H,6,9-11H2,1-2H3,(H2,16,18). The number of hydrogen-bond donors (Lipinski definition) is 1. The van der Waals surface area contributed by atoms with Gasteiger partial charge in [-0.25, -0.2) is 0 Å². The molecule has 0 aromatic heterocycles. The van der Waals surface area contributed by atoms with Crippen molar-refractivity contribution in [1.29, 1.82) is 0 Å². The fourth-order valence-electron chi connectivity index (χ4n) is 3.07. The number of nitrogens with zero attached hydrogens (tertiary/aromatic N) is 1. The van der Waals surface area contributed by atoms with Crippen LogP contribution in [-0.2, 0) is 20.8 Å². The molecule has 1 aliphatic heterocycles. The predicted octanol–water partition coefficient (Wildman–Crippen LogP) is 1.13. The number of likely N-dealkylation sites (tertiary alicyclic amines) is 1. The van der Waals surface area contributed by atoms with Crippen LogP contribution in [0.15, 0.2) is 30.3 Å². The maximum Gasteiger partial charge on any atom is 0.243 e. The van der Waals surface area contributed by atoms with Crippen LogP contribution in [0.3, 0.4) is 0 Å². The second-order valence-electron chi connectivity index (χ2n) is 5.10. The molecule has 1 fully saturated rings. The van der Waals surface area contributed by atoms with Gasteiger partial charge in [-0.3, -0.25) is 9.69 Å². The summed E-state index contributed by atoms with van der Waals surface area (Å²) in [5, 5.41) is 0. The summed E-state index contributed by atoms with van der Waals surface area (Å²) in [6.07, 6.45) is 0.909. The van der Waals surface area contributed by atoms with Gasteiger partial charge in [0.25, 0.3) is 0 Å². The Kier molecular flexibility index (Phi) is 4.75. The zero-order chi connectivity index (χ0) is 14.6. The molecule has 1 aromatic rings. The number of benzene rings is 1. The van der Waals surface area contributed by atoms with Gasteiger partial charge in [0.05, 0.1) is 0 Å². The van der Waals surface area contributed by atoms with Gasteiger partial charge < -0.3 is 15.2 Å². The zero-order valence-electron chi connectivity index (χ0n) is 12.0. The van der Waals surface area contributed by atoms with Crippen molar-refractivity contribution in [2.24, 2.45) is 5.73 Å². The van der Waals surface area contributed by atoms with Crippen LogP contribution >= 0.6 is 0 Å². The van der Waals surface area contributed by atoms with Crippen molar-refractivity contribution in [3.63, 3.8) is 0 Å². The van der Waals surface area contributed by atoms with Crippen molar-refractivity contribution in [3.8, 4) is 0 Å². The largest absolute Gasteiger partial charge is 0.368 e. The summed E-state index contributed by atoms with van der Waals surface area (Å²) >= 11 is 0. The number of amides is 1. The molecular formula is C15H22N2O3. The van der Waals surface area contributed by atoms with Crippen molar-refractivity contribution in [3.05, 3.63) is 35.9 Å². The quantitative estimate of drug-likeness (QED) is 0.792. The summed E-state index contributed by atoms with van der Waals surface area (Å²) in [5.74, 6) is -0.389. The molecule has 0 aliphatic carbocycles. The third-order valence-corrected chi connectivity index (χ3v) is 4.01. The van der Waals surface area contributed by atoms with Crippen LogP contribution in [0.1, 0.15) is 18.4 Å². The van der Waals surface area contributed by atoms with Crippen LogP contribution in [0, 0.1) is 0 Å². The Bertz CT molecular complexity index is 448. The lowest BCUT2D eigenvalue weighted by atomic mass is 9.93. The average molecular weight is 278 g/mol. The van der Waals surface area contributed by atoms with Gasteiger partial charge in [0.15, 0.2) is 11.8 Å². The highest BCUT2D eigenvalue weighted by molar-refractivity contribution is 5.85. The number of primary amides is 1. The molecule has 5 nitrogen and oxygen atoms in total. The molecule has 110 valence electrons. The first-order valence-corrected chi connectivity index (χ1v) is 6.79. The van der Waals surface area contributed by atoms with Gasteiger partial charge in [0.1, 0.15) is 0 Å². The lowest BCUT2D eigenvalue weighted by Crippen LogP contribution is -2.62. The fraction of sp³-hybridized carbons (Fsp3) is 0.533. The van der Waals surface area contributed by atoms with E-state index in [4.69, 9.17) is 15.2 Å². The van der Waals surface area contributed by atoms with Crippen LogP contribution < -0.4 is 5.73 Å². The second kappa shape index (κ2) is 6.35. The number of methoxy groups -OCH3 is 2. The first-order chi connectivity index (χ1) is 9.65. The Hall–Kier alpha value is -1.43. The van der Waals surface area contributed by atoms with Gasteiger partial charge in [0, 0.05) is 20.8 Å². The highest BCUT2D eigenvalue weighted by Crippen LogP contribution is 2.35. The fourth-order valence-corrected chi connectivity index (χ4v) is 3.07. The molecule has 0 radical (unpaired) electrons. The molecule has 1 saturated heterocycles. The van der Waals surface area contributed by atoms with E-state index in [1.165, 1.54) is 14.2 Å². The van der Waals surface area contributed by atoms with Crippen LogP contribution in [-0.4, -0.2) is 43.4 Å². The summed E-state index contributed by atoms with van der Waals surface area (Å²) < 4.78 is 10.7. The lowest BCUT2D eigenvalue weighted by Gasteiger charge is -2.40. The van der Waals surface area contributed by atoms with E-state index in [1.54, 1.807) is 0 Å². The lowest BCUT2D eigenvalue weighted by molar-refractivity contribution is -0.188. The van der Waals surface area contributed by atoms with Crippen molar-refractivity contribution in [1.82, 2.24) is 4.90 Å². The number of carbonyl (C=O) groups is 1. The first-order valence-electron chi connectivity index (χ1n) is 6.79. The normalized spacial score (nSPS) is 23.4. The molecule has 2 rings (SSSR count). The van der Waals surface area contributed by atoms with E-state index in [2.05, 4.69) is 4.90 Å². The Morgan fingerprint density at radius 2 is 2.00 bits per heavy atom. The number of ether oxygens (including phenoxy) is 2. The highest BCUT2D eigenvalue weighted by Gasteiger charge is 2.53. The maximum atomic E-state index is 12.1. The van der Waals surface area contributed by atoms with Crippen LogP contribution in [0.25, 0.3) is 0 Å². The molecule has 0 spiro atoms. The van der Waals surface area contributed by atoms with Crippen LogP contribution in [0.5, 0.6) is 0 Å². The Morgan fingerprint density at radius 1 is 1.35 bits per heavy atom. The minimum atomic E-state index is -0.890. The van der Waals surface area contributed by atoms with Crippen molar-refractivity contribution < 1.29 is 14.3 Å². The van der Waals surface area contributed by atoms with Crippen LogP contribution in [0.4, 0.5) is 0 Å². The van der Waals surface area contributed by atoms with E-state index in [0.717, 1.165) is 18.5 Å². The molecular weight excluding hydrogens is 256 g/mol. The van der Waals surface area contributed by atoms with Gasteiger partial charge in [-0.2, -0.15) is 0 Å². The van der Waals surface area contributed by atoms with Crippen molar-refractivity contribution in [2.45, 2.75) is 31.2 Å². The number of carbonyl (C=O) groups excluding carboxylic acids is 1. The molecule has 20 heavy (non-hydrogen) atoms. The van der Waals surface area contributed by atoms with Gasteiger partial charge in [-0.1, -0.05) is 30.3 Å². The molecule has 1 aromatic carbocycles. The summed E-state index contributed by atoms with van der Waals surface area (Å²) in [7, 11) is 3.08. The van der Waals surface area contributed by atoms with E-state index >= 15 is 0 Å². The summed E-state index contributed by atoms with van der Waals surface area (Å²) in [4.78, 5) is 14.2. The Balaban J connectivity index is 2.28. The topological polar surface area (TPSA) is 64.8 Å². The van der Waals surface area contributed by atoms with E-state index in [0.29, 0.717) is 13.0 Å². The second-order valence-corrected chi connectivity index (χ2v) is 5.10. The molecule has 1 aliphatic rings. The van der Waals surface area contributed by atoms with Crippen molar-refractivity contribution >= 4 is 5.91 Å². The summed E-state index contributed by atoms with van der Waals surface area (Å²) in [5.41, 5.74) is 5.94. The minimum absolute atomic E-state index is 0.389. The number of hydrogen-bond acceptors (Lipinski definition) is 4. The van der Waals surface area contributed by atoms with E-state index < -0.39 is 11.8 Å². The van der Waals surface area contributed by atoms with Crippen LogP contribution in [0.2, 0.25) is 0 Å². The molecule has 2 N–H and O–H groups in total. The van der Waals surface area contributed by atoms with E-state index in [1.807, 2.05) is 30.3 Å². The molecule has 0 bridgehead atoms. The van der Waals surface area contributed by atoms with E-state index in [9.17, 15) is 4.79 Å². The van der Waals surface area contributed by atoms with Gasteiger partial charge in [0.2, 0.25) is 5.91 Å². The van der Waals surface area contributed by atoms with Gasteiger partial charge in [-0.15, -0.1) is 0 Å². The minimum Gasteiger partial charge on any atom is -0.368 e. The zero-order valence-corrected chi connectivity index (χ0v) is 12.0. The molecule has 5 heteroatoms. The van der Waals surface area contributed by atoms with Crippen molar-refractivity contribution in [2.75, 3.05) is 20.8 Å². The Morgan fingerprint density at radius 3 is 2.55 bits per heavy atom. The Labute approximate surface area is 119 Å². The highest BCUT2D eigenvalue weighted by atomic mass is 16.7. The van der Waals surface area contributed by atoms with Gasteiger partial charge >= 0.3 is 0 Å². The molecule has 1 amide bonds. The summed E-state index contributed by atoms with van der Waals surface area (Å²) in [6.45, 7) is 1.47. The third kappa shape index (κ3) is 2.57. The SMILES string of the molecule is COC(OC)C1(C(N)=O)CCCN1Cc1ccccc1. The van der Waals surface area contributed by atoms with Gasteiger partial charge in [-0.05, 0) is 24.9 Å². The smallest absolute Gasteiger partial charge is 0.243 e. The molecule has 1 heterocycles.